The number of hydrogen-bond acceptors (Lipinski definition) is 1. The van der Waals surface area contributed by atoms with Crippen molar-refractivity contribution in [2.24, 2.45) is 0 Å². The van der Waals surface area contributed by atoms with Crippen molar-refractivity contribution in [3.63, 3.8) is 0 Å². The Morgan fingerprint density at radius 3 is 2.79 bits per heavy atom. The van der Waals surface area contributed by atoms with Gasteiger partial charge in [-0.15, -0.1) is 0 Å². The number of fused-ring (bicyclic) bond motifs is 1. The maximum atomic E-state index is 6.35. The van der Waals surface area contributed by atoms with E-state index in [2.05, 4.69) is 31.9 Å². The van der Waals surface area contributed by atoms with E-state index in [0.29, 0.717) is 0 Å². The molecule has 76 valence electrons. The fourth-order valence-electron chi connectivity index (χ4n) is 2.08. The van der Waals surface area contributed by atoms with Crippen molar-refractivity contribution in [1.29, 1.82) is 0 Å². The molecule has 0 saturated heterocycles. The number of likely N-dealkylation sites (N-methyl/N-ethyl adjacent to an activating group) is 1. The lowest BCUT2D eigenvalue weighted by Gasteiger charge is -2.27. The van der Waals surface area contributed by atoms with Gasteiger partial charge in [0, 0.05) is 18.1 Å². The molecule has 1 aromatic carbocycles. The van der Waals surface area contributed by atoms with Crippen LogP contribution in [0.25, 0.3) is 0 Å². The molecule has 0 unspecified atom stereocenters. The SMILES string of the molecule is Cc1cc2c(c(Cl)c1C)CCN(C)C2. The lowest BCUT2D eigenvalue weighted by Crippen LogP contribution is -2.27. The van der Waals surface area contributed by atoms with E-state index in [-0.39, 0.29) is 0 Å². The predicted molar refractivity (Wildman–Crippen MR) is 61.0 cm³/mol. The molecular weight excluding hydrogens is 194 g/mol. The van der Waals surface area contributed by atoms with Crippen molar-refractivity contribution >= 4 is 11.6 Å². The highest BCUT2D eigenvalue weighted by Gasteiger charge is 2.17. The average molecular weight is 210 g/mol. The number of aryl methyl sites for hydroxylation is 1. The van der Waals surface area contributed by atoms with E-state index < -0.39 is 0 Å². The van der Waals surface area contributed by atoms with Crippen LogP contribution in [0.4, 0.5) is 0 Å². The Bertz CT molecular complexity index is 371. The van der Waals surface area contributed by atoms with Gasteiger partial charge in [-0.1, -0.05) is 17.7 Å². The van der Waals surface area contributed by atoms with E-state index in [0.717, 1.165) is 24.5 Å². The Morgan fingerprint density at radius 2 is 2.07 bits per heavy atom. The minimum absolute atomic E-state index is 0.994. The summed E-state index contributed by atoms with van der Waals surface area (Å²) in [6, 6.07) is 2.28. The van der Waals surface area contributed by atoms with E-state index >= 15 is 0 Å². The predicted octanol–water partition coefficient (Wildman–Crippen LogP) is 2.94. The molecule has 0 fully saturated rings. The van der Waals surface area contributed by atoms with Crippen LogP contribution < -0.4 is 0 Å². The standard InChI is InChI=1S/C12H16ClN/c1-8-6-10-7-14(3)5-4-11(10)12(13)9(8)2/h6H,4-5,7H2,1-3H3. The van der Waals surface area contributed by atoms with Crippen molar-refractivity contribution in [2.45, 2.75) is 26.8 Å². The highest BCUT2D eigenvalue weighted by Crippen LogP contribution is 2.30. The van der Waals surface area contributed by atoms with E-state index in [4.69, 9.17) is 11.6 Å². The summed E-state index contributed by atoms with van der Waals surface area (Å²) in [6.45, 7) is 6.40. The molecule has 14 heavy (non-hydrogen) atoms. The first kappa shape index (κ1) is 10.0. The van der Waals surface area contributed by atoms with Crippen LogP contribution in [0.2, 0.25) is 5.02 Å². The van der Waals surface area contributed by atoms with Gasteiger partial charge in [0.1, 0.15) is 0 Å². The molecule has 0 atom stereocenters. The Morgan fingerprint density at radius 1 is 1.36 bits per heavy atom. The highest BCUT2D eigenvalue weighted by atomic mass is 35.5. The van der Waals surface area contributed by atoms with E-state index in [1.807, 2.05) is 0 Å². The third kappa shape index (κ3) is 1.55. The molecule has 1 nitrogen and oxygen atoms in total. The molecule has 2 heteroatoms. The summed E-state index contributed by atoms with van der Waals surface area (Å²) in [5.41, 5.74) is 5.33. The molecule has 1 aliphatic heterocycles. The minimum atomic E-state index is 0.994. The maximum Gasteiger partial charge on any atom is 0.0473 e. The number of benzene rings is 1. The Kier molecular flexibility index (Phi) is 2.54. The Balaban J connectivity index is 2.54. The zero-order valence-electron chi connectivity index (χ0n) is 9.02. The third-order valence-corrected chi connectivity index (χ3v) is 3.66. The fourth-order valence-corrected chi connectivity index (χ4v) is 2.45. The summed E-state index contributed by atoms with van der Waals surface area (Å²) < 4.78 is 0. The monoisotopic (exact) mass is 209 g/mol. The second kappa shape index (κ2) is 3.56. The van der Waals surface area contributed by atoms with Gasteiger partial charge in [0.05, 0.1) is 0 Å². The summed E-state index contributed by atoms with van der Waals surface area (Å²) in [7, 11) is 2.16. The molecule has 0 saturated carbocycles. The molecular formula is C12H16ClN. The van der Waals surface area contributed by atoms with Gasteiger partial charge in [-0.3, -0.25) is 0 Å². The molecule has 0 spiro atoms. The van der Waals surface area contributed by atoms with Crippen LogP contribution in [0.5, 0.6) is 0 Å². The number of rotatable bonds is 0. The summed E-state index contributed by atoms with van der Waals surface area (Å²) in [4.78, 5) is 2.34. The van der Waals surface area contributed by atoms with Gasteiger partial charge < -0.3 is 4.90 Å². The van der Waals surface area contributed by atoms with Crippen molar-refractivity contribution in [1.82, 2.24) is 4.90 Å². The second-order valence-electron chi connectivity index (χ2n) is 4.26. The van der Waals surface area contributed by atoms with Crippen molar-refractivity contribution < 1.29 is 0 Å². The summed E-state index contributed by atoms with van der Waals surface area (Å²) in [5.74, 6) is 0. The number of nitrogens with zero attached hydrogens (tertiary/aromatic N) is 1. The van der Waals surface area contributed by atoms with Crippen LogP contribution in [-0.2, 0) is 13.0 Å². The summed E-state index contributed by atoms with van der Waals surface area (Å²) in [5, 5.41) is 0.994. The van der Waals surface area contributed by atoms with Gasteiger partial charge in [0.15, 0.2) is 0 Å². The fraction of sp³-hybridized carbons (Fsp3) is 0.500. The summed E-state index contributed by atoms with van der Waals surface area (Å²) >= 11 is 6.35. The topological polar surface area (TPSA) is 3.24 Å². The first-order valence-corrected chi connectivity index (χ1v) is 5.43. The first-order chi connectivity index (χ1) is 6.59. The van der Waals surface area contributed by atoms with Gasteiger partial charge in [0.25, 0.3) is 0 Å². The molecule has 2 rings (SSSR count). The van der Waals surface area contributed by atoms with Gasteiger partial charge in [-0.2, -0.15) is 0 Å². The average Bonchev–Trinajstić information content (AvgIpc) is 2.14. The molecule has 0 bridgehead atoms. The van der Waals surface area contributed by atoms with Gasteiger partial charge >= 0.3 is 0 Å². The number of halogens is 1. The van der Waals surface area contributed by atoms with Crippen LogP contribution in [0, 0.1) is 13.8 Å². The van der Waals surface area contributed by atoms with E-state index in [1.165, 1.54) is 22.3 Å². The van der Waals surface area contributed by atoms with Crippen LogP contribution in [0.15, 0.2) is 6.07 Å². The largest absolute Gasteiger partial charge is 0.302 e. The van der Waals surface area contributed by atoms with Crippen molar-refractivity contribution in [3.8, 4) is 0 Å². The van der Waals surface area contributed by atoms with Gasteiger partial charge in [-0.25, -0.2) is 0 Å². The quantitative estimate of drug-likeness (QED) is 0.635. The normalized spacial score (nSPS) is 16.9. The Labute approximate surface area is 90.7 Å². The maximum absolute atomic E-state index is 6.35. The zero-order chi connectivity index (χ0) is 10.3. The molecule has 1 heterocycles. The van der Waals surface area contributed by atoms with Crippen molar-refractivity contribution in [3.05, 3.63) is 33.3 Å². The molecule has 0 radical (unpaired) electrons. The van der Waals surface area contributed by atoms with Crippen LogP contribution in [0.3, 0.4) is 0 Å². The first-order valence-electron chi connectivity index (χ1n) is 5.05. The minimum Gasteiger partial charge on any atom is -0.302 e. The summed E-state index contributed by atoms with van der Waals surface area (Å²) in [6.07, 6.45) is 1.09. The second-order valence-corrected chi connectivity index (χ2v) is 4.64. The van der Waals surface area contributed by atoms with E-state index in [1.54, 1.807) is 0 Å². The Hall–Kier alpha value is -0.530. The van der Waals surface area contributed by atoms with Crippen LogP contribution in [0.1, 0.15) is 22.3 Å². The molecule has 1 aromatic rings. The van der Waals surface area contributed by atoms with Crippen molar-refractivity contribution in [2.75, 3.05) is 13.6 Å². The highest BCUT2D eigenvalue weighted by molar-refractivity contribution is 6.32. The number of hydrogen-bond donors (Lipinski definition) is 0. The van der Waals surface area contributed by atoms with E-state index in [9.17, 15) is 0 Å². The lowest BCUT2D eigenvalue weighted by atomic mass is 9.94. The molecule has 0 aliphatic carbocycles. The van der Waals surface area contributed by atoms with Crippen LogP contribution >= 0.6 is 11.6 Å². The molecule has 1 aliphatic rings. The zero-order valence-corrected chi connectivity index (χ0v) is 9.78. The molecule has 0 aromatic heterocycles. The third-order valence-electron chi connectivity index (χ3n) is 3.15. The van der Waals surface area contributed by atoms with Gasteiger partial charge in [0.2, 0.25) is 0 Å². The molecule has 0 amide bonds. The smallest absolute Gasteiger partial charge is 0.0473 e. The lowest BCUT2D eigenvalue weighted by molar-refractivity contribution is 0.313. The van der Waals surface area contributed by atoms with Crippen LogP contribution in [-0.4, -0.2) is 18.5 Å². The molecule has 0 N–H and O–H groups in total. The van der Waals surface area contributed by atoms with Gasteiger partial charge in [-0.05, 0) is 49.6 Å².